The summed E-state index contributed by atoms with van der Waals surface area (Å²) in [5.74, 6) is 0. The monoisotopic (exact) mass is 136 g/mol. The molecule has 0 amide bonds. The molecule has 9 heavy (non-hydrogen) atoms. The van der Waals surface area contributed by atoms with Crippen LogP contribution in [-0.2, 0) is 0 Å². The van der Waals surface area contributed by atoms with Gasteiger partial charge in [-0.1, -0.05) is 35.5 Å². The van der Waals surface area contributed by atoms with Gasteiger partial charge in [0.15, 0.2) is 0 Å². The van der Waals surface area contributed by atoms with Gasteiger partial charge in [-0.3, -0.25) is 0 Å². The van der Waals surface area contributed by atoms with Crippen LogP contribution in [0.4, 0.5) is 0 Å². The molecule has 0 saturated carbocycles. The van der Waals surface area contributed by atoms with Gasteiger partial charge in [0.25, 0.3) is 0 Å². The molecule has 0 unspecified atom stereocenters. The van der Waals surface area contributed by atoms with Crippen molar-refractivity contribution in [1.29, 1.82) is 0 Å². The lowest BCUT2D eigenvalue weighted by Gasteiger charge is -1.92. The first kappa shape index (κ1) is 6.52. The van der Waals surface area contributed by atoms with Crippen LogP contribution in [0.3, 0.4) is 0 Å². The maximum atomic E-state index is 5.40. The van der Waals surface area contributed by atoms with Gasteiger partial charge >= 0.3 is 0 Å². The van der Waals surface area contributed by atoms with Gasteiger partial charge in [0, 0.05) is 0 Å². The van der Waals surface area contributed by atoms with Crippen LogP contribution in [0.25, 0.3) is 0 Å². The van der Waals surface area contributed by atoms with Gasteiger partial charge in [-0.15, -0.1) is 0 Å². The van der Waals surface area contributed by atoms with E-state index in [1.165, 1.54) is 5.19 Å². The lowest BCUT2D eigenvalue weighted by Crippen LogP contribution is -2.22. The fourth-order valence-corrected chi connectivity index (χ4v) is 1.49. The molecule has 47 valence electrons. The first-order valence-corrected chi connectivity index (χ1v) is 4.41. The van der Waals surface area contributed by atoms with Crippen LogP contribution in [0, 0.1) is 0 Å². The summed E-state index contributed by atoms with van der Waals surface area (Å²) in [6.07, 6.45) is 0.823. The Morgan fingerprint density at radius 2 is 1.89 bits per heavy atom. The third kappa shape index (κ3) is 1.99. The molecule has 1 radical (unpaired) electrons. The normalized spacial score (nSPS) is 9.44. The Morgan fingerprint density at radius 1 is 1.22 bits per heavy atom. The van der Waals surface area contributed by atoms with Gasteiger partial charge in [-0.05, 0) is 6.17 Å². The van der Waals surface area contributed by atoms with E-state index in [0.29, 0.717) is 9.52 Å². The van der Waals surface area contributed by atoms with Crippen molar-refractivity contribution in [3.8, 4) is 0 Å². The number of hydrogen-bond donors (Lipinski definition) is 1. The molecule has 0 bridgehead atoms. The van der Waals surface area contributed by atoms with Crippen molar-refractivity contribution in [1.82, 2.24) is 0 Å². The van der Waals surface area contributed by atoms with Crippen LogP contribution in [-0.4, -0.2) is 15.7 Å². The minimum absolute atomic E-state index is 0.321. The summed E-state index contributed by atoms with van der Waals surface area (Å²) in [5.41, 5.74) is 5.40. The molecule has 1 rings (SSSR count). The highest BCUT2D eigenvalue weighted by Crippen LogP contribution is 1.79. The highest BCUT2D eigenvalue weighted by atomic mass is 28.2. The van der Waals surface area contributed by atoms with Gasteiger partial charge in [0.05, 0.1) is 9.52 Å². The second kappa shape index (κ2) is 3.43. The Labute approximate surface area is 57.7 Å². The molecule has 0 aliphatic rings. The largest absolute Gasteiger partial charge is 0.333 e. The smallest absolute Gasteiger partial charge is 0.0825 e. The zero-order valence-electron chi connectivity index (χ0n) is 5.25. The minimum atomic E-state index is 0.321. The molecule has 0 atom stereocenters. The van der Waals surface area contributed by atoms with E-state index in [9.17, 15) is 0 Å². The molecule has 0 aromatic heterocycles. The molecule has 0 saturated heterocycles. The van der Waals surface area contributed by atoms with Crippen LogP contribution < -0.4 is 10.9 Å². The van der Waals surface area contributed by atoms with E-state index < -0.39 is 0 Å². The van der Waals surface area contributed by atoms with Crippen LogP contribution in [0.2, 0.25) is 0 Å². The van der Waals surface area contributed by atoms with E-state index in [0.717, 1.165) is 6.17 Å². The van der Waals surface area contributed by atoms with Gasteiger partial charge in [-0.2, -0.15) is 0 Å². The van der Waals surface area contributed by atoms with Crippen molar-refractivity contribution in [2.45, 2.75) is 0 Å². The summed E-state index contributed by atoms with van der Waals surface area (Å²) < 4.78 is 0. The summed E-state index contributed by atoms with van der Waals surface area (Å²) in [6, 6.07) is 10.4. The van der Waals surface area contributed by atoms with Crippen molar-refractivity contribution in [3.05, 3.63) is 30.3 Å². The van der Waals surface area contributed by atoms with Crippen molar-refractivity contribution >= 4 is 14.7 Å². The Morgan fingerprint density at radius 3 is 2.44 bits per heavy atom. The lowest BCUT2D eigenvalue weighted by atomic mass is 10.4. The van der Waals surface area contributed by atoms with Crippen molar-refractivity contribution in [3.63, 3.8) is 0 Å². The van der Waals surface area contributed by atoms with E-state index in [4.69, 9.17) is 5.73 Å². The fraction of sp³-hybridized carbons (Fsp3) is 0.143. The molecule has 0 heterocycles. The Balaban J connectivity index is 2.61. The Bertz CT molecular complexity index is 162. The summed E-state index contributed by atoms with van der Waals surface area (Å²) in [5, 5.41) is 1.40. The molecule has 0 fully saturated rings. The zero-order chi connectivity index (χ0) is 6.53. The maximum Gasteiger partial charge on any atom is 0.0825 e. The molecule has 0 aliphatic carbocycles. The minimum Gasteiger partial charge on any atom is -0.333 e. The predicted octanol–water partition coefficient (Wildman–Crippen LogP) is -0.335. The second-order valence-electron chi connectivity index (χ2n) is 1.85. The van der Waals surface area contributed by atoms with E-state index in [2.05, 4.69) is 24.3 Å². The third-order valence-corrected chi connectivity index (χ3v) is 2.25. The number of nitrogens with two attached hydrogens (primary N) is 1. The zero-order valence-corrected chi connectivity index (χ0v) is 6.40. The molecule has 2 N–H and O–H groups in total. The van der Waals surface area contributed by atoms with Gasteiger partial charge in [0.2, 0.25) is 0 Å². The average Bonchev–Trinajstić information content (AvgIpc) is 1.91. The van der Waals surface area contributed by atoms with E-state index >= 15 is 0 Å². The van der Waals surface area contributed by atoms with Gasteiger partial charge in [-0.25, -0.2) is 0 Å². The summed E-state index contributed by atoms with van der Waals surface area (Å²) >= 11 is 0. The van der Waals surface area contributed by atoms with Crippen LogP contribution in [0.5, 0.6) is 0 Å². The SMILES string of the molecule is NC[SiH]c1ccccc1. The standard InChI is InChI=1S/C7H10NSi/c8-6-9-7-4-2-1-3-5-7/h1-5,9H,6,8H2. The highest BCUT2D eigenvalue weighted by molar-refractivity contribution is 6.53. The second-order valence-corrected chi connectivity index (χ2v) is 3.40. The number of rotatable bonds is 2. The first-order chi connectivity index (χ1) is 4.43. The molecule has 1 aromatic rings. The average molecular weight is 136 g/mol. The predicted molar refractivity (Wildman–Crippen MR) is 42.3 cm³/mol. The fourth-order valence-electron chi connectivity index (χ4n) is 0.725. The summed E-state index contributed by atoms with van der Waals surface area (Å²) in [6.45, 7) is 0. The van der Waals surface area contributed by atoms with Crippen molar-refractivity contribution in [2.75, 3.05) is 6.17 Å². The van der Waals surface area contributed by atoms with E-state index in [-0.39, 0.29) is 0 Å². The lowest BCUT2D eigenvalue weighted by molar-refractivity contribution is 1.37. The molecule has 1 aromatic carbocycles. The molecule has 2 heteroatoms. The van der Waals surface area contributed by atoms with Crippen molar-refractivity contribution in [2.24, 2.45) is 5.73 Å². The Hall–Kier alpha value is -0.603. The maximum absolute atomic E-state index is 5.40. The van der Waals surface area contributed by atoms with Crippen molar-refractivity contribution < 1.29 is 0 Å². The molecular weight excluding hydrogens is 126 g/mol. The van der Waals surface area contributed by atoms with Crippen LogP contribution in [0.1, 0.15) is 0 Å². The van der Waals surface area contributed by atoms with Crippen LogP contribution >= 0.6 is 0 Å². The molecular formula is C7H10NSi. The molecule has 0 spiro atoms. The topological polar surface area (TPSA) is 26.0 Å². The number of hydrogen-bond acceptors (Lipinski definition) is 1. The van der Waals surface area contributed by atoms with E-state index in [1.807, 2.05) is 6.07 Å². The molecule has 0 aliphatic heterocycles. The molecule has 1 nitrogen and oxygen atoms in total. The quantitative estimate of drug-likeness (QED) is 0.553. The first-order valence-electron chi connectivity index (χ1n) is 3.02. The Kier molecular flexibility index (Phi) is 2.48. The van der Waals surface area contributed by atoms with Gasteiger partial charge < -0.3 is 5.73 Å². The number of benzene rings is 1. The third-order valence-electron chi connectivity index (χ3n) is 1.15. The van der Waals surface area contributed by atoms with Gasteiger partial charge in [0.1, 0.15) is 0 Å². The summed E-state index contributed by atoms with van der Waals surface area (Å²) in [4.78, 5) is 0. The van der Waals surface area contributed by atoms with E-state index in [1.54, 1.807) is 0 Å². The van der Waals surface area contributed by atoms with Crippen LogP contribution in [0.15, 0.2) is 30.3 Å². The highest BCUT2D eigenvalue weighted by Gasteiger charge is 1.86. The summed E-state index contributed by atoms with van der Waals surface area (Å²) in [7, 11) is 0.321.